The lowest BCUT2D eigenvalue weighted by Crippen LogP contribution is -2.34. The molecular formula is C17H16ClN3O2S2. The van der Waals surface area contributed by atoms with Crippen molar-refractivity contribution in [1.82, 2.24) is 5.32 Å². The summed E-state index contributed by atoms with van der Waals surface area (Å²) in [7, 11) is 0. The normalized spacial score (nSPS) is 10.0. The summed E-state index contributed by atoms with van der Waals surface area (Å²) < 4.78 is 5.34. The van der Waals surface area contributed by atoms with Crippen LogP contribution in [0.3, 0.4) is 0 Å². The van der Waals surface area contributed by atoms with Crippen LogP contribution in [0.1, 0.15) is 33.3 Å². The fourth-order valence-corrected chi connectivity index (χ4v) is 3.58. The topological polar surface area (TPSA) is 74.2 Å². The molecule has 5 nitrogen and oxygen atoms in total. The number of nitriles is 1. The van der Waals surface area contributed by atoms with Crippen molar-refractivity contribution in [3.63, 3.8) is 0 Å². The van der Waals surface area contributed by atoms with Crippen LogP contribution in [0.5, 0.6) is 5.75 Å². The van der Waals surface area contributed by atoms with Crippen LogP contribution in [-0.4, -0.2) is 17.6 Å². The second kappa shape index (κ2) is 8.30. The third-order valence-electron chi connectivity index (χ3n) is 3.45. The molecule has 0 aliphatic rings. The van der Waals surface area contributed by atoms with Crippen molar-refractivity contribution in [2.75, 3.05) is 11.9 Å². The van der Waals surface area contributed by atoms with Crippen LogP contribution in [0.25, 0.3) is 0 Å². The Morgan fingerprint density at radius 1 is 1.44 bits per heavy atom. The molecule has 1 aromatic heterocycles. The molecule has 0 bridgehead atoms. The first-order chi connectivity index (χ1) is 11.9. The van der Waals surface area contributed by atoms with Crippen molar-refractivity contribution < 1.29 is 9.53 Å². The van der Waals surface area contributed by atoms with Crippen LogP contribution in [0.15, 0.2) is 18.2 Å². The largest absolute Gasteiger partial charge is 0.492 e. The Bertz CT molecular complexity index is 872. The number of carbonyl (C=O) groups is 1. The molecule has 2 aromatic rings. The van der Waals surface area contributed by atoms with E-state index >= 15 is 0 Å². The van der Waals surface area contributed by atoms with Gasteiger partial charge in [0, 0.05) is 10.4 Å². The number of nitrogens with zero attached hydrogens (tertiary/aromatic N) is 1. The fraction of sp³-hybridized carbons (Fsp3) is 0.235. The van der Waals surface area contributed by atoms with E-state index in [0.717, 1.165) is 10.4 Å². The van der Waals surface area contributed by atoms with Gasteiger partial charge in [-0.05, 0) is 56.8 Å². The maximum absolute atomic E-state index is 12.3. The summed E-state index contributed by atoms with van der Waals surface area (Å²) in [5, 5.41) is 15.8. The summed E-state index contributed by atoms with van der Waals surface area (Å²) in [5.74, 6) is 0.121. The highest BCUT2D eigenvalue weighted by atomic mass is 35.5. The molecule has 0 unspecified atom stereocenters. The van der Waals surface area contributed by atoms with Crippen LogP contribution in [-0.2, 0) is 0 Å². The molecule has 0 saturated heterocycles. The van der Waals surface area contributed by atoms with Gasteiger partial charge in [0.1, 0.15) is 16.8 Å². The average Bonchev–Trinajstić information content (AvgIpc) is 2.82. The highest BCUT2D eigenvalue weighted by Gasteiger charge is 2.15. The van der Waals surface area contributed by atoms with Gasteiger partial charge in [-0.1, -0.05) is 11.6 Å². The Hall–Kier alpha value is -2.14. The molecule has 0 spiro atoms. The SMILES string of the molecule is CCOc1ccc(C(=O)NC(=S)Nc2sc(C)c(C)c2C#N)cc1Cl. The second-order valence-corrected chi connectivity index (χ2v) is 7.13. The van der Waals surface area contributed by atoms with E-state index in [4.69, 9.17) is 28.6 Å². The van der Waals surface area contributed by atoms with Crippen LogP contribution in [0.4, 0.5) is 5.00 Å². The zero-order valence-corrected chi connectivity index (χ0v) is 16.3. The molecule has 0 fully saturated rings. The molecule has 0 aliphatic carbocycles. The Morgan fingerprint density at radius 2 is 2.16 bits per heavy atom. The van der Waals surface area contributed by atoms with Crippen LogP contribution in [0, 0.1) is 25.2 Å². The van der Waals surface area contributed by atoms with Gasteiger partial charge in [0.25, 0.3) is 5.91 Å². The van der Waals surface area contributed by atoms with E-state index in [1.807, 2.05) is 20.8 Å². The van der Waals surface area contributed by atoms with Gasteiger partial charge in [0.2, 0.25) is 0 Å². The number of amides is 1. The number of hydrogen-bond acceptors (Lipinski definition) is 5. The molecule has 8 heteroatoms. The van der Waals surface area contributed by atoms with Gasteiger partial charge in [0.15, 0.2) is 5.11 Å². The minimum atomic E-state index is -0.397. The molecule has 2 rings (SSSR count). The molecule has 0 atom stereocenters. The Labute approximate surface area is 160 Å². The molecule has 0 saturated carbocycles. The monoisotopic (exact) mass is 393 g/mol. The van der Waals surface area contributed by atoms with E-state index in [1.54, 1.807) is 12.1 Å². The number of anilines is 1. The lowest BCUT2D eigenvalue weighted by Gasteiger charge is -2.10. The van der Waals surface area contributed by atoms with Gasteiger partial charge >= 0.3 is 0 Å². The summed E-state index contributed by atoms with van der Waals surface area (Å²) in [5.41, 5.74) is 1.79. The van der Waals surface area contributed by atoms with Crippen LogP contribution >= 0.6 is 35.2 Å². The van der Waals surface area contributed by atoms with E-state index in [1.165, 1.54) is 17.4 Å². The number of thiocarbonyl (C=S) groups is 1. The smallest absolute Gasteiger partial charge is 0.257 e. The summed E-state index contributed by atoms with van der Waals surface area (Å²) in [4.78, 5) is 13.3. The fourth-order valence-electron chi connectivity index (χ4n) is 2.07. The number of benzene rings is 1. The van der Waals surface area contributed by atoms with Gasteiger partial charge in [-0.3, -0.25) is 10.1 Å². The van der Waals surface area contributed by atoms with E-state index in [2.05, 4.69) is 16.7 Å². The maximum atomic E-state index is 12.3. The minimum Gasteiger partial charge on any atom is -0.492 e. The van der Waals surface area contributed by atoms with Crippen molar-refractivity contribution >= 4 is 51.2 Å². The van der Waals surface area contributed by atoms with Gasteiger partial charge in [-0.25, -0.2) is 0 Å². The first kappa shape index (κ1) is 19.2. The number of thiophene rings is 1. The Morgan fingerprint density at radius 3 is 2.76 bits per heavy atom. The standard InChI is InChI=1S/C17H16ClN3O2S2/c1-4-23-14-6-5-11(7-13(14)18)15(22)20-17(24)21-16-12(8-19)9(2)10(3)25-16/h5-7H,4H2,1-3H3,(H2,20,21,22,24). The number of ether oxygens (including phenoxy) is 1. The summed E-state index contributed by atoms with van der Waals surface area (Å²) in [6, 6.07) is 6.91. The molecule has 0 aliphatic heterocycles. The summed E-state index contributed by atoms with van der Waals surface area (Å²) in [6.45, 7) is 6.14. The highest BCUT2D eigenvalue weighted by molar-refractivity contribution is 7.80. The average molecular weight is 394 g/mol. The van der Waals surface area contributed by atoms with E-state index in [9.17, 15) is 10.1 Å². The minimum absolute atomic E-state index is 0.118. The van der Waals surface area contributed by atoms with Crippen molar-refractivity contribution in [3.8, 4) is 11.8 Å². The molecule has 1 heterocycles. The van der Waals surface area contributed by atoms with Crippen LogP contribution in [0.2, 0.25) is 5.02 Å². The van der Waals surface area contributed by atoms with Gasteiger partial charge in [-0.15, -0.1) is 11.3 Å². The van der Waals surface area contributed by atoms with Crippen molar-refractivity contribution in [1.29, 1.82) is 5.26 Å². The molecule has 1 aromatic carbocycles. The summed E-state index contributed by atoms with van der Waals surface area (Å²) >= 11 is 12.7. The maximum Gasteiger partial charge on any atom is 0.257 e. The first-order valence-corrected chi connectivity index (χ1v) is 9.02. The van der Waals surface area contributed by atoms with Gasteiger partial charge < -0.3 is 10.1 Å². The lowest BCUT2D eigenvalue weighted by atomic mass is 10.2. The molecule has 130 valence electrons. The quantitative estimate of drug-likeness (QED) is 0.752. The van der Waals surface area contributed by atoms with Crippen molar-refractivity contribution in [2.24, 2.45) is 0 Å². The zero-order chi connectivity index (χ0) is 18.6. The van der Waals surface area contributed by atoms with E-state index in [0.29, 0.717) is 33.5 Å². The highest BCUT2D eigenvalue weighted by Crippen LogP contribution is 2.31. The van der Waals surface area contributed by atoms with Gasteiger partial charge in [-0.2, -0.15) is 5.26 Å². The van der Waals surface area contributed by atoms with Crippen LogP contribution < -0.4 is 15.4 Å². The lowest BCUT2D eigenvalue weighted by molar-refractivity contribution is 0.0977. The number of aryl methyl sites for hydroxylation is 1. The summed E-state index contributed by atoms with van der Waals surface area (Å²) in [6.07, 6.45) is 0. The van der Waals surface area contributed by atoms with E-state index in [-0.39, 0.29) is 5.11 Å². The Kier molecular flexibility index (Phi) is 6.37. The number of carbonyl (C=O) groups excluding carboxylic acids is 1. The van der Waals surface area contributed by atoms with E-state index < -0.39 is 5.91 Å². The molecule has 25 heavy (non-hydrogen) atoms. The number of halogens is 1. The number of rotatable bonds is 4. The van der Waals surface area contributed by atoms with Crippen molar-refractivity contribution in [3.05, 3.63) is 44.8 Å². The Balaban J connectivity index is 2.08. The number of hydrogen-bond donors (Lipinski definition) is 2. The van der Waals surface area contributed by atoms with Gasteiger partial charge in [0.05, 0.1) is 17.2 Å². The second-order valence-electron chi connectivity index (χ2n) is 5.09. The molecule has 0 radical (unpaired) electrons. The number of nitrogens with one attached hydrogen (secondary N) is 2. The third-order valence-corrected chi connectivity index (χ3v) is 5.07. The zero-order valence-electron chi connectivity index (χ0n) is 13.9. The third kappa shape index (κ3) is 4.48. The van der Waals surface area contributed by atoms with Crippen molar-refractivity contribution in [2.45, 2.75) is 20.8 Å². The first-order valence-electron chi connectivity index (χ1n) is 7.42. The molecule has 2 N–H and O–H groups in total. The molecule has 1 amide bonds. The molecular weight excluding hydrogens is 378 g/mol. The predicted octanol–water partition coefficient (Wildman–Crippen LogP) is 4.42. The predicted molar refractivity (Wildman–Crippen MR) is 105 cm³/mol.